The van der Waals surface area contributed by atoms with E-state index in [9.17, 15) is 9.90 Å². The number of aromatic carboxylic acids is 1. The lowest BCUT2D eigenvalue weighted by atomic mass is 10.4. The summed E-state index contributed by atoms with van der Waals surface area (Å²) >= 11 is 0. The Labute approximate surface area is 57.6 Å². The third-order valence-electron chi connectivity index (χ3n) is 0.964. The van der Waals surface area contributed by atoms with Crippen LogP contribution in [0.15, 0.2) is 12.4 Å². The largest absolute Gasteiger partial charge is 0.543 e. The average molecular weight is 137 g/mol. The number of nitrogens with zero attached hydrogens (tertiary/aromatic N) is 2. The number of hydrogen-bond donors (Lipinski definition) is 0. The van der Waals surface area contributed by atoms with Gasteiger partial charge in [-0.2, -0.15) is 0 Å². The summed E-state index contributed by atoms with van der Waals surface area (Å²) in [5.74, 6) is -1.30. The van der Waals surface area contributed by atoms with Crippen molar-refractivity contribution in [2.24, 2.45) is 0 Å². The molecular weight excluding hydrogens is 132 g/mol. The maximum Gasteiger partial charge on any atom is 0.104 e. The first kappa shape index (κ1) is 6.67. The Morgan fingerprint density at radius 2 is 2.30 bits per heavy atom. The normalized spacial score (nSPS) is 9.30. The molecule has 0 bridgehead atoms. The van der Waals surface area contributed by atoms with Crippen LogP contribution in [0.3, 0.4) is 0 Å². The highest BCUT2D eigenvalue weighted by molar-refractivity contribution is 5.82. The number of carbonyl (C=O) groups is 1. The van der Waals surface area contributed by atoms with E-state index in [2.05, 4.69) is 9.97 Å². The molecule has 4 nitrogen and oxygen atoms in total. The molecule has 0 unspecified atom stereocenters. The average Bonchev–Trinajstić information content (AvgIpc) is 1.88. The van der Waals surface area contributed by atoms with Gasteiger partial charge in [-0.1, -0.05) is 0 Å². The maximum absolute atomic E-state index is 10.1. The predicted molar refractivity (Wildman–Crippen MR) is 31.1 cm³/mol. The minimum absolute atomic E-state index is 0.125. The van der Waals surface area contributed by atoms with Crippen molar-refractivity contribution in [2.45, 2.75) is 6.92 Å². The molecule has 0 saturated heterocycles. The standard InChI is InChI=1S/C6H6N2O2/c1-4-2-7-3-5(8-4)6(9)10/h2-3H,1H3,(H,9,10)/p-1. The van der Waals surface area contributed by atoms with Crippen molar-refractivity contribution in [3.05, 3.63) is 23.8 Å². The van der Waals surface area contributed by atoms with E-state index >= 15 is 0 Å². The van der Waals surface area contributed by atoms with Crippen molar-refractivity contribution in [3.63, 3.8) is 0 Å². The Bertz CT molecular complexity index is 260. The molecule has 0 aliphatic rings. The van der Waals surface area contributed by atoms with Gasteiger partial charge in [0.15, 0.2) is 0 Å². The Hall–Kier alpha value is -1.45. The van der Waals surface area contributed by atoms with E-state index in [0.717, 1.165) is 6.20 Å². The molecule has 0 aromatic carbocycles. The topological polar surface area (TPSA) is 65.9 Å². The van der Waals surface area contributed by atoms with Crippen LogP contribution in [0.25, 0.3) is 0 Å². The van der Waals surface area contributed by atoms with Crippen molar-refractivity contribution >= 4 is 5.97 Å². The summed E-state index contributed by atoms with van der Waals surface area (Å²) in [6, 6.07) is 0. The van der Waals surface area contributed by atoms with Crippen molar-refractivity contribution in [3.8, 4) is 0 Å². The van der Waals surface area contributed by atoms with Crippen LogP contribution in [-0.4, -0.2) is 15.9 Å². The quantitative estimate of drug-likeness (QED) is 0.505. The number of carboxylic acids is 1. The van der Waals surface area contributed by atoms with Gasteiger partial charge < -0.3 is 9.90 Å². The van der Waals surface area contributed by atoms with E-state index in [1.165, 1.54) is 6.20 Å². The number of hydrogen-bond acceptors (Lipinski definition) is 4. The fourth-order valence-electron chi connectivity index (χ4n) is 0.562. The Kier molecular flexibility index (Phi) is 1.62. The molecule has 0 radical (unpaired) electrons. The van der Waals surface area contributed by atoms with Crippen LogP contribution in [-0.2, 0) is 0 Å². The fraction of sp³-hybridized carbons (Fsp3) is 0.167. The lowest BCUT2D eigenvalue weighted by Crippen LogP contribution is -2.23. The van der Waals surface area contributed by atoms with Gasteiger partial charge in [0.05, 0.1) is 17.9 Å². The van der Waals surface area contributed by atoms with Crippen LogP contribution in [0.4, 0.5) is 0 Å². The minimum atomic E-state index is -1.30. The van der Waals surface area contributed by atoms with Crippen LogP contribution < -0.4 is 5.11 Å². The molecule has 0 saturated carbocycles. The summed E-state index contributed by atoms with van der Waals surface area (Å²) in [5.41, 5.74) is 0.446. The zero-order chi connectivity index (χ0) is 7.56. The molecule has 1 aromatic heterocycles. The van der Waals surface area contributed by atoms with E-state index in [1.807, 2.05) is 0 Å². The molecule has 1 rings (SSSR count). The van der Waals surface area contributed by atoms with Gasteiger partial charge in [-0.05, 0) is 6.92 Å². The lowest BCUT2D eigenvalue weighted by molar-refractivity contribution is -0.255. The van der Waals surface area contributed by atoms with E-state index in [0.29, 0.717) is 5.69 Å². The van der Waals surface area contributed by atoms with Crippen molar-refractivity contribution in [2.75, 3.05) is 0 Å². The molecule has 4 heteroatoms. The fourth-order valence-corrected chi connectivity index (χ4v) is 0.562. The summed E-state index contributed by atoms with van der Waals surface area (Å²) < 4.78 is 0. The summed E-state index contributed by atoms with van der Waals surface area (Å²) in [6.07, 6.45) is 2.63. The number of aryl methyl sites for hydroxylation is 1. The first-order valence-corrected chi connectivity index (χ1v) is 2.70. The summed E-state index contributed by atoms with van der Waals surface area (Å²) in [5, 5.41) is 10.1. The number of rotatable bonds is 1. The monoisotopic (exact) mass is 137 g/mol. The Morgan fingerprint density at radius 1 is 1.60 bits per heavy atom. The molecule has 0 spiro atoms. The van der Waals surface area contributed by atoms with Crippen LogP contribution in [0, 0.1) is 6.92 Å². The van der Waals surface area contributed by atoms with Gasteiger partial charge in [-0.15, -0.1) is 0 Å². The van der Waals surface area contributed by atoms with E-state index in [-0.39, 0.29) is 5.69 Å². The number of carboxylic acid groups (broad SMARTS) is 1. The minimum Gasteiger partial charge on any atom is -0.543 e. The van der Waals surface area contributed by atoms with Crippen LogP contribution in [0.5, 0.6) is 0 Å². The third kappa shape index (κ3) is 1.28. The molecule has 10 heavy (non-hydrogen) atoms. The molecule has 0 fully saturated rings. The second-order valence-electron chi connectivity index (χ2n) is 1.83. The van der Waals surface area contributed by atoms with Crippen molar-refractivity contribution in [1.29, 1.82) is 0 Å². The van der Waals surface area contributed by atoms with Gasteiger partial charge in [0.2, 0.25) is 0 Å². The van der Waals surface area contributed by atoms with Crippen molar-refractivity contribution in [1.82, 2.24) is 9.97 Å². The summed E-state index contributed by atoms with van der Waals surface area (Å²) in [4.78, 5) is 17.4. The molecule has 0 N–H and O–H groups in total. The van der Waals surface area contributed by atoms with E-state index < -0.39 is 5.97 Å². The van der Waals surface area contributed by atoms with Gasteiger partial charge in [0, 0.05) is 6.20 Å². The highest BCUT2D eigenvalue weighted by Crippen LogP contribution is 1.91. The number of carbonyl (C=O) groups excluding carboxylic acids is 1. The Balaban J connectivity index is 3.07. The second-order valence-corrected chi connectivity index (χ2v) is 1.83. The number of aromatic nitrogens is 2. The molecule has 1 aromatic rings. The third-order valence-corrected chi connectivity index (χ3v) is 0.964. The van der Waals surface area contributed by atoms with Gasteiger partial charge >= 0.3 is 0 Å². The smallest absolute Gasteiger partial charge is 0.104 e. The summed E-state index contributed by atoms with van der Waals surface area (Å²) in [7, 11) is 0. The van der Waals surface area contributed by atoms with Gasteiger partial charge in [0.25, 0.3) is 0 Å². The summed E-state index contributed by atoms with van der Waals surface area (Å²) in [6.45, 7) is 1.67. The van der Waals surface area contributed by atoms with Gasteiger partial charge in [-0.25, -0.2) is 4.98 Å². The van der Waals surface area contributed by atoms with Crippen molar-refractivity contribution < 1.29 is 9.90 Å². The first-order chi connectivity index (χ1) is 4.70. The molecule has 1 heterocycles. The predicted octanol–water partition coefficient (Wildman–Crippen LogP) is -0.851. The molecule has 0 atom stereocenters. The Morgan fingerprint density at radius 3 is 2.70 bits per heavy atom. The van der Waals surface area contributed by atoms with E-state index in [4.69, 9.17) is 0 Å². The highest BCUT2D eigenvalue weighted by Gasteiger charge is 1.93. The lowest BCUT2D eigenvalue weighted by Gasteiger charge is -1.99. The molecular formula is C6H5N2O2-. The van der Waals surface area contributed by atoms with E-state index in [1.54, 1.807) is 6.92 Å². The highest BCUT2D eigenvalue weighted by atomic mass is 16.4. The van der Waals surface area contributed by atoms with Crippen LogP contribution in [0.1, 0.15) is 16.2 Å². The maximum atomic E-state index is 10.1. The van der Waals surface area contributed by atoms with Gasteiger partial charge in [-0.3, -0.25) is 4.98 Å². The zero-order valence-corrected chi connectivity index (χ0v) is 5.37. The first-order valence-electron chi connectivity index (χ1n) is 2.70. The molecule has 52 valence electrons. The molecule has 0 amide bonds. The van der Waals surface area contributed by atoms with Crippen LogP contribution in [0.2, 0.25) is 0 Å². The SMILES string of the molecule is Cc1cncc(C(=O)[O-])n1. The zero-order valence-electron chi connectivity index (χ0n) is 5.37. The van der Waals surface area contributed by atoms with Crippen LogP contribution >= 0.6 is 0 Å². The van der Waals surface area contributed by atoms with Gasteiger partial charge in [0.1, 0.15) is 5.69 Å². The molecule has 0 aliphatic carbocycles. The second kappa shape index (κ2) is 2.43. The molecule has 0 aliphatic heterocycles.